The standard InChI is InChI=1S/C34H33N3O10/c1-15-29(39)20(37-21(13-35)17-6-5-9-36-14-17)10-24(46-15)47-23-12-34(44,16(2)38)11-19-26(23)33(43)28-27(31(19)41)30(40)18-7-4-8-22(45-3)25(18)32(28)42/h4-9,14-15,20-21,23-24,29,37,39,41,43-44H,10-12H2,1-3H3/t15?,20?,21?,23-,24?,29?,34-/m0/s1. The third-order valence-electron chi connectivity index (χ3n) is 9.28. The second kappa shape index (κ2) is 12.1. The number of carbonyl (C=O) groups is 3. The fraction of sp³-hybridized carbons (Fsp3) is 0.382. The third-order valence-corrected chi connectivity index (χ3v) is 9.28. The van der Waals surface area contributed by atoms with Gasteiger partial charge in [0.2, 0.25) is 5.78 Å². The highest BCUT2D eigenvalue weighted by Gasteiger charge is 2.49. The molecule has 0 radical (unpaired) electrons. The van der Waals surface area contributed by atoms with Gasteiger partial charge in [-0.05, 0) is 26.0 Å². The number of ketones is 3. The van der Waals surface area contributed by atoms with Crippen molar-refractivity contribution in [2.45, 2.75) is 75.4 Å². The molecule has 6 rings (SSSR count). The van der Waals surface area contributed by atoms with Gasteiger partial charge in [-0.2, -0.15) is 5.26 Å². The van der Waals surface area contributed by atoms with Crippen LogP contribution in [0.3, 0.4) is 0 Å². The van der Waals surface area contributed by atoms with Crippen LogP contribution >= 0.6 is 0 Å². The number of hydrogen-bond donors (Lipinski definition) is 5. The average Bonchev–Trinajstić information content (AvgIpc) is 3.05. The molecule has 13 nitrogen and oxygen atoms in total. The Kier molecular flexibility index (Phi) is 8.33. The lowest BCUT2D eigenvalue weighted by atomic mass is 9.72. The van der Waals surface area contributed by atoms with Crippen molar-refractivity contribution >= 4 is 17.3 Å². The predicted molar refractivity (Wildman–Crippen MR) is 162 cm³/mol. The highest BCUT2D eigenvalue weighted by atomic mass is 16.7. The second-order valence-corrected chi connectivity index (χ2v) is 12.1. The summed E-state index contributed by atoms with van der Waals surface area (Å²) in [7, 11) is 1.33. The van der Waals surface area contributed by atoms with Gasteiger partial charge in [-0.3, -0.25) is 24.7 Å². The molecule has 1 aromatic heterocycles. The molecule has 1 saturated heterocycles. The number of nitrogens with zero attached hydrogens (tertiary/aromatic N) is 2. The lowest BCUT2D eigenvalue weighted by Crippen LogP contribution is -2.55. The zero-order chi connectivity index (χ0) is 33.8. The van der Waals surface area contributed by atoms with Crippen LogP contribution in [0.2, 0.25) is 0 Å². The topological polar surface area (TPSA) is 209 Å². The van der Waals surface area contributed by atoms with Crippen molar-refractivity contribution < 1.29 is 49.0 Å². The van der Waals surface area contributed by atoms with Crippen LogP contribution in [0.5, 0.6) is 17.2 Å². The first-order chi connectivity index (χ1) is 22.4. The quantitative estimate of drug-likeness (QED) is 0.183. The van der Waals surface area contributed by atoms with Crippen LogP contribution in [0, 0.1) is 11.3 Å². The number of nitriles is 1. The van der Waals surface area contributed by atoms with Crippen LogP contribution in [0.1, 0.15) is 87.4 Å². The first-order valence-corrected chi connectivity index (χ1v) is 15.0. The van der Waals surface area contributed by atoms with E-state index in [2.05, 4.69) is 16.4 Å². The summed E-state index contributed by atoms with van der Waals surface area (Å²) in [5.41, 5.74) is -2.71. The van der Waals surface area contributed by atoms with E-state index in [1.165, 1.54) is 38.4 Å². The summed E-state index contributed by atoms with van der Waals surface area (Å²) in [5, 5.41) is 58.6. The molecule has 0 saturated carbocycles. The maximum atomic E-state index is 13.9. The van der Waals surface area contributed by atoms with Crippen LogP contribution in [-0.2, 0) is 20.7 Å². The average molecular weight is 644 g/mol. The molecule has 0 amide bonds. The molecule has 0 bridgehead atoms. The van der Waals surface area contributed by atoms with Crippen LogP contribution in [-0.4, -0.2) is 80.0 Å². The SMILES string of the molecule is COc1cccc2c1C(=O)c1c(O)c3c(c(O)c1C2=O)C[C@@](O)(C(C)=O)C[C@@H]3OC1CC(NC(C#N)c2cccnc2)C(O)C(C)O1. The van der Waals surface area contributed by atoms with E-state index in [9.17, 15) is 40.1 Å². The summed E-state index contributed by atoms with van der Waals surface area (Å²) in [6.45, 7) is 2.78. The summed E-state index contributed by atoms with van der Waals surface area (Å²) in [6.07, 6.45) is -2.03. The van der Waals surface area contributed by atoms with E-state index in [0.29, 0.717) is 5.56 Å². The minimum atomic E-state index is -2.07. The van der Waals surface area contributed by atoms with Crippen molar-refractivity contribution in [3.63, 3.8) is 0 Å². The smallest absolute Gasteiger partial charge is 0.202 e. The molecule has 244 valence electrons. The second-order valence-electron chi connectivity index (χ2n) is 12.1. The predicted octanol–water partition coefficient (Wildman–Crippen LogP) is 2.32. The van der Waals surface area contributed by atoms with Crippen LogP contribution in [0.4, 0.5) is 0 Å². The summed E-state index contributed by atoms with van der Waals surface area (Å²) >= 11 is 0. The first-order valence-electron chi connectivity index (χ1n) is 15.0. The van der Waals surface area contributed by atoms with E-state index in [1.54, 1.807) is 25.3 Å². The van der Waals surface area contributed by atoms with Gasteiger partial charge in [0.05, 0.1) is 48.2 Å². The van der Waals surface area contributed by atoms with Gasteiger partial charge in [-0.15, -0.1) is 0 Å². The molecule has 5 unspecified atom stereocenters. The molecule has 5 N–H and O–H groups in total. The Balaban J connectivity index is 1.40. The van der Waals surface area contributed by atoms with E-state index >= 15 is 0 Å². The minimum Gasteiger partial charge on any atom is -0.507 e. The molecule has 7 atom stereocenters. The number of aromatic nitrogens is 1. The zero-order valence-corrected chi connectivity index (χ0v) is 25.8. The number of ether oxygens (including phenoxy) is 3. The van der Waals surface area contributed by atoms with E-state index in [0.717, 1.165) is 0 Å². The summed E-state index contributed by atoms with van der Waals surface area (Å²) in [5.74, 6) is -3.35. The van der Waals surface area contributed by atoms with Crippen LogP contribution in [0.25, 0.3) is 0 Å². The molecule has 1 aliphatic heterocycles. The Morgan fingerprint density at radius 2 is 1.89 bits per heavy atom. The molecule has 2 aromatic carbocycles. The van der Waals surface area contributed by atoms with Gasteiger partial charge in [0.1, 0.15) is 28.9 Å². The number of nitrogens with one attached hydrogen (secondary N) is 1. The number of hydrogen-bond acceptors (Lipinski definition) is 13. The van der Waals surface area contributed by atoms with E-state index in [4.69, 9.17) is 14.2 Å². The van der Waals surface area contributed by atoms with Gasteiger partial charge in [0.15, 0.2) is 17.9 Å². The van der Waals surface area contributed by atoms with Gasteiger partial charge >= 0.3 is 0 Å². The number of benzene rings is 2. The van der Waals surface area contributed by atoms with E-state index in [-0.39, 0.29) is 40.8 Å². The van der Waals surface area contributed by atoms with Crippen molar-refractivity contribution in [1.29, 1.82) is 5.26 Å². The number of Topliss-reactive ketones (excluding diaryl/α,β-unsaturated/α-hetero) is 1. The van der Waals surface area contributed by atoms with Crippen LogP contribution < -0.4 is 10.1 Å². The monoisotopic (exact) mass is 643 g/mol. The van der Waals surface area contributed by atoms with E-state index < -0.39 is 88.7 Å². The molecule has 13 heteroatoms. The van der Waals surface area contributed by atoms with Gasteiger partial charge in [0, 0.05) is 60.0 Å². The molecule has 1 fully saturated rings. The number of methoxy groups -OCH3 is 1. The number of rotatable bonds is 7. The number of aromatic hydroxyl groups is 2. The van der Waals surface area contributed by atoms with Crippen molar-refractivity contribution in [2.75, 3.05) is 7.11 Å². The highest BCUT2D eigenvalue weighted by Crippen LogP contribution is 2.52. The van der Waals surface area contributed by atoms with Crippen molar-refractivity contribution in [3.8, 4) is 23.3 Å². The van der Waals surface area contributed by atoms with Gasteiger partial charge < -0.3 is 34.6 Å². The fourth-order valence-electron chi connectivity index (χ4n) is 6.76. The summed E-state index contributed by atoms with van der Waals surface area (Å²) in [6, 6.07) is 8.41. The Labute approximate surface area is 269 Å². The van der Waals surface area contributed by atoms with Crippen molar-refractivity contribution in [3.05, 3.63) is 81.7 Å². The van der Waals surface area contributed by atoms with Gasteiger partial charge in [-0.25, -0.2) is 0 Å². The van der Waals surface area contributed by atoms with Gasteiger partial charge in [-0.1, -0.05) is 18.2 Å². The van der Waals surface area contributed by atoms with Crippen LogP contribution in [0.15, 0.2) is 42.7 Å². The number of pyridine rings is 1. The molecule has 2 heterocycles. The Hall–Kier alpha value is -4.71. The molecule has 2 aliphatic carbocycles. The molecular formula is C34H33N3O10. The molecule has 47 heavy (non-hydrogen) atoms. The Morgan fingerprint density at radius 1 is 1.15 bits per heavy atom. The Bertz CT molecular complexity index is 1820. The molecule has 0 spiro atoms. The zero-order valence-electron chi connectivity index (χ0n) is 25.8. The number of fused-ring (bicyclic) bond motifs is 3. The largest absolute Gasteiger partial charge is 0.507 e. The molecular weight excluding hydrogens is 610 g/mol. The first kappa shape index (κ1) is 32.2. The summed E-state index contributed by atoms with van der Waals surface area (Å²) in [4.78, 5) is 44.3. The maximum absolute atomic E-state index is 13.9. The number of phenols is 2. The Morgan fingerprint density at radius 3 is 2.55 bits per heavy atom. The van der Waals surface area contributed by atoms with Gasteiger partial charge in [0.25, 0.3) is 0 Å². The minimum absolute atomic E-state index is 0.00599. The van der Waals surface area contributed by atoms with E-state index in [1.807, 2.05) is 0 Å². The number of phenolic OH excluding ortho intramolecular Hbond substituents is 2. The number of aliphatic hydroxyl groups excluding tert-OH is 1. The number of aliphatic hydroxyl groups is 2. The van der Waals surface area contributed by atoms with Crippen molar-refractivity contribution in [1.82, 2.24) is 10.3 Å². The fourth-order valence-corrected chi connectivity index (χ4v) is 6.76. The summed E-state index contributed by atoms with van der Waals surface area (Å²) < 4.78 is 17.6. The molecule has 3 aliphatic rings. The number of carbonyl (C=O) groups excluding carboxylic acids is 3. The lowest BCUT2D eigenvalue weighted by molar-refractivity contribution is -0.250. The maximum Gasteiger partial charge on any atom is 0.202 e. The van der Waals surface area contributed by atoms with Crippen molar-refractivity contribution in [2.24, 2.45) is 0 Å². The third kappa shape index (κ3) is 5.34. The highest BCUT2D eigenvalue weighted by molar-refractivity contribution is 6.31. The normalized spacial score (nSPS) is 27.2. The molecule has 3 aromatic rings. The lowest BCUT2D eigenvalue weighted by Gasteiger charge is -2.43.